The molecule has 7 nitrogen and oxygen atoms in total. The number of fused-ring (bicyclic) bond motifs is 1. The van der Waals surface area contributed by atoms with E-state index < -0.39 is 27.8 Å². The van der Waals surface area contributed by atoms with Crippen LogP contribution in [0.25, 0.3) is 22.5 Å². The minimum absolute atomic E-state index is 0.0708. The van der Waals surface area contributed by atoms with Crippen LogP contribution in [0, 0.1) is 5.82 Å². The Kier molecular flexibility index (Phi) is 4.88. The fourth-order valence-corrected chi connectivity index (χ4v) is 4.53. The van der Waals surface area contributed by atoms with Gasteiger partial charge < -0.3 is 5.43 Å². The second-order valence-electron chi connectivity index (χ2n) is 6.54. The number of hydrogen-bond donors (Lipinski definition) is 1. The van der Waals surface area contributed by atoms with Gasteiger partial charge in [-0.15, -0.1) is 0 Å². The van der Waals surface area contributed by atoms with Gasteiger partial charge in [0.25, 0.3) is 0 Å². The van der Waals surface area contributed by atoms with E-state index in [4.69, 9.17) is 0 Å². The van der Waals surface area contributed by atoms with Crippen LogP contribution in [-0.2, 0) is 10.0 Å². The van der Waals surface area contributed by atoms with Crippen LogP contribution in [0.2, 0.25) is 0 Å². The van der Waals surface area contributed by atoms with Crippen molar-refractivity contribution in [3.8, 4) is 22.5 Å². The highest BCUT2D eigenvalue weighted by Crippen LogP contribution is 2.37. The van der Waals surface area contributed by atoms with Gasteiger partial charge in [0.2, 0.25) is 16.0 Å². The second-order valence-corrected chi connectivity index (χ2v) is 8.43. The number of anilines is 1. The lowest BCUT2D eigenvalue weighted by Gasteiger charge is -2.30. The zero-order valence-electron chi connectivity index (χ0n) is 15.3. The summed E-state index contributed by atoms with van der Waals surface area (Å²) >= 11 is 0. The number of imidazole rings is 1. The van der Waals surface area contributed by atoms with Gasteiger partial charge in [-0.2, -0.15) is 13.2 Å². The largest absolute Gasteiger partial charge is 0.404 e. The molecule has 0 bridgehead atoms. The van der Waals surface area contributed by atoms with Gasteiger partial charge in [0.15, 0.2) is 5.75 Å². The van der Waals surface area contributed by atoms with Crippen molar-refractivity contribution in [2.75, 3.05) is 28.6 Å². The molecular formula is C18H15F4N5O2S. The van der Waals surface area contributed by atoms with Gasteiger partial charge in [0.1, 0.15) is 11.5 Å². The molecular weight excluding hydrogens is 426 g/mol. The third-order valence-corrected chi connectivity index (χ3v) is 6.13. The molecule has 0 fully saturated rings. The first-order valence-electron chi connectivity index (χ1n) is 8.76. The molecule has 158 valence electrons. The summed E-state index contributed by atoms with van der Waals surface area (Å²) in [7, 11) is -4.72. The maximum absolute atomic E-state index is 13.4. The van der Waals surface area contributed by atoms with Gasteiger partial charge in [-0.25, -0.2) is 26.8 Å². The van der Waals surface area contributed by atoms with E-state index >= 15 is 0 Å². The Bertz CT molecular complexity index is 1160. The van der Waals surface area contributed by atoms with Crippen LogP contribution >= 0.6 is 0 Å². The highest BCUT2D eigenvalue weighted by molar-refractivity contribution is 7.92. The molecule has 3 aromatic rings. The number of benzene rings is 1. The number of aromatic nitrogens is 3. The van der Waals surface area contributed by atoms with E-state index in [9.17, 15) is 26.0 Å². The summed E-state index contributed by atoms with van der Waals surface area (Å²) in [5, 5.41) is 0. The van der Waals surface area contributed by atoms with Crippen LogP contribution < -0.4 is 9.73 Å². The number of rotatable bonds is 4. The molecule has 2 aromatic heterocycles. The first-order valence-corrected chi connectivity index (χ1v) is 10.4. The molecule has 3 heterocycles. The summed E-state index contributed by atoms with van der Waals surface area (Å²) in [5.41, 5.74) is 4.76. The van der Waals surface area contributed by atoms with Crippen molar-refractivity contribution in [2.45, 2.75) is 6.18 Å². The molecule has 0 atom stereocenters. The first-order chi connectivity index (χ1) is 14.2. The highest BCUT2D eigenvalue weighted by atomic mass is 32.2. The van der Waals surface area contributed by atoms with Crippen molar-refractivity contribution in [2.24, 2.45) is 0 Å². The summed E-state index contributed by atoms with van der Waals surface area (Å²) < 4.78 is 78.8. The summed E-state index contributed by atoms with van der Waals surface area (Å²) in [6.45, 7) is -0.143. The molecule has 0 saturated heterocycles. The molecule has 12 heteroatoms. The number of pyridine rings is 1. The molecule has 0 aliphatic carbocycles. The minimum atomic E-state index is -4.89. The fraction of sp³-hybridized carbons (Fsp3) is 0.222. The maximum Gasteiger partial charge on any atom is 0.404 e. The van der Waals surface area contributed by atoms with Gasteiger partial charge >= 0.3 is 6.18 Å². The van der Waals surface area contributed by atoms with Crippen LogP contribution in [0.4, 0.5) is 23.5 Å². The third-order valence-electron chi connectivity index (χ3n) is 4.42. The topological polar surface area (TPSA) is 80.1 Å². The molecule has 4 rings (SSSR count). The summed E-state index contributed by atoms with van der Waals surface area (Å²) in [5.74, 6) is -2.67. The quantitative estimate of drug-likeness (QED) is 0.630. The molecule has 0 unspecified atom stereocenters. The van der Waals surface area contributed by atoms with Crippen molar-refractivity contribution in [3.05, 3.63) is 54.6 Å². The SMILES string of the molecule is O=S(=O)(CC(F)(F)F)N1CCNn2c1nc(-c1ccc(F)cc1)c2-c1ccncc1. The maximum atomic E-state index is 13.4. The van der Waals surface area contributed by atoms with E-state index in [1.165, 1.54) is 41.3 Å². The molecule has 0 spiro atoms. The third kappa shape index (κ3) is 3.82. The Balaban J connectivity index is 1.91. The Hall–Kier alpha value is -3.15. The van der Waals surface area contributed by atoms with Crippen LogP contribution in [-0.4, -0.2) is 48.1 Å². The molecule has 0 radical (unpaired) electrons. The molecule has 1 aliphatic rings. The number of alkyl halides is 3. The predicted molar refractivity (Wildman–Crippen MR) is 102 cm³/mol. The zero-order chi connectivity index (χ0) is 21.5. The van der Waals surface area contributed by atoms with Crippen LogP contribution in [0.5, 0.6) is 0 Å². The Morgan fingerprint density at radius 1 is 1.03 bits per heavy atom. The minimum Gasteiger partial charge on any atom is -0.321 e. The average molecular weight is 441 g/mol. The summed E-state index contributed by atoms with van der Waals surface area (Å²) in [6.07, 6.45) is -1.86. The summed E-state index contributed by atoms with van der Waals surface area (Å²) in [4.78, 5) is 8.29. The van der Waals surface area contributed by atoms with Crippen molar-refractivity contribution in [3.63, 3.8) is 0 Å². The van der Waals surface area contributed by atoms with Gasteiger partial charge in [0, 0.05) is 23.5 Å². The zero-order valence-corrected chi connectivity index (χ0v) is 16.1. The molecule has 0 saturated carbocycles. The molecule has 1 N–H and O–H groups in total. The van der Waals surface area contributed by atoms with Crippen molar-refractivity contribution in [1.82, 2.24) is 14.6 Å². The van der Waals surface area contributed by atoms with Gasteiger partial charge in [-0.3, -0.25) is 4.98 Å². The van der Waals surface area contributed by atoms with Gasteiger partial charge in [0.05, 0.1) is 18.8 Å². The lowest BCUT2D eigenvalue weighted by atomic mass is 10.1. The van der Waals surface area contributed by atoms with Crippen molar-refractivity contribution in [1.29, 1.82) is 0 Å². The number of halogens is 4. The smallest absolute Gasteiger partial charge is 0.321 e. The van der Waals surface area contributed by atoms with Crippen LogP contribution in [0.15, 0.2) is 48.8 Å². The van der Waals surface area contributed by atoms with E-state index in [1.807, 2.05) is 0 Å². The number of sulfonamides is 1. The van der Waals surface area contributed by atoms with E-state index in [0.29, 0.717) is 21.1 Å². The Morgan fingerprint density at radius 3 is 2.33 bits per heavy atom. The lowest BCUT2D eigenvalue weighted by Crippen LogP contribution is -2.46. The van der Waals surface area contributed by atoms with Gasteiger partial charge in [-0.05, 0) is 36.4 Å². The first kappa shape index (κ1) is 20.1. The van der Waals surface area contributed by atoms with Crippen molar-refractivity contribution < 1.29 is 26.0 Å². The van der Waals surface area contributed by atoms with Crippen LogP contribution in [0.3, 0.4) is 0 Å². The molecule has 1 aliphatic heterocycles. The highest BCUT2D eigenvalue weighted by Gasteiger charge is 2.41. The normalized spacial score (nSPS) is 14.3. The average Bonchev–Trinajstić information content (AvgIpc) is 3.06. The second kappa shape index (κ2) is 7.27. The summed E-state index contributed by atoms with van der Waals surface area (Å²) in [6, 6.07) is 8.67. The Morgan fingerprint density at radius 2 is 1.70 bits per heavy atom. The van der Waals surface area contributed by atoms with Crippen LogP contribution in [0.1, 0.15) is 0 Å². The predicted octanol–water partition coefficient (Wildman–Crippen LogP) is 3.01. The van der Waals surface area contributed by atoms with E-state index in [-0.39, 0.29) is 24.7 Å². The number of nitrogens with one attached hydrogen (secondary N) is 1. The van der Waals surface area contributed by atoms with Crippen molar-refractivity contribution >= 4 is 16.0 Å². The molecule has 0 amide bonds. The molecule has 1 aromatic carbocycles. The van der Waals surface area contributed by atoms with E-state index in [0.717, 1.165) is 0 Å². The number of nitrogens with zero attached hydrogens (tertiary/aromatic N) is 4. The van der Waals surface area contributed by atoms with E-state index in [2.05, 4.69) is 15.4 Å². The monoisotopic (exact) mass is 441 g/mol. The lowest BCUT2D eigenvalue weighted by molar-refractivity contribution is -0.106. The van der Waals surface area contributed by atoms with E-state index in [1.54, 1.807) is 12.1 Å². The van der Waals surface area contributed by atoms with Gasteiger partial charge in [-0.1, -0.05) is 0 Å². The number of hydrogen-bond acceptors (Lipinski definition) is 5. The Labute approximate surface area is 169 Å². The molecule has 30 heavy (non-hydrogen) atoms. The standard InChI is InChI=1S/C18H15F4N5O2S/c19-14-3-1-12(2-4-14)15-16(13-5-7-23-8-6-13)27-17(25-15)26(10-9-24-27)30(28,29)11-18(20,21)22/h1-8,24H,9-11H2. The fourth-order valence-electron chi connectivity index (χ4n) is 3.22.